The molecule has 0 saturated heterocycles. The van der Waals surface area contributed by atoms with Crippen molar-refractivity contribution in [2.24, 2.45) is 0 Å². The highest BCUT2D eigenvalue weighted by Gasteiger charge is 2.20. The summed E-state index contributed by atoms with van der Waals surface area (Å²) in [6, 6.07) is 7.20. The zero-order chi connectivity index (χ0) is 8.48. The minimum atomic E-state index is -0.342. The lowest BCUT2D eigenvalue weighted by Crippen LogP contribution is -2.01. The summed E-state index contributed by atoms with van der Waals surface area (Å²) in [6.45, 7) is 1.92. The first-order chi connectivity index (χ1) is 5.02. The largest absolute Gasteiger partial charge is 0.508 e. The molecule has 0 aliphatic carbocycles. The molecule has 0 fully saturated rings. The first-order valence-electron chi connectivity index (χ1n) is 3.18. The standard InChI is InChI=1S/C8H8Br2O/c1-8(9,10)6-4-2-3-5-7(6)11/h2-5,11H,1H3. The Morgan fingerprint density at radius 3 is 2.18 bits per heavy atom. The third-order valence-corrected chi connectivity index (χ3v) is 2.23. The van der Waals surface area contributed by atoms with E-state index in [1.165, 1.54) is 0 Å². The Morgan fingerprint density at radius 2 is 1.82 bits per heavy atom. The summed E-state index contributed by atoms with van der Waals surface area (Å²) < 4.78 is -0.342. The summed E-state index contributed by atoms with van der Waals surface area (Å²) in [5.41, 5.74) is 0.833. The zero-order valence-electron chi connectivity index (χ0n) is 6.01. The van der Waals surface area contributed by atoms with Gasteiger partial charge in [-0.25, -0.2) is 0 Å². The second kappa shape index (κ2) is 3.15. The van der Waals surface area contributed by atoms with Crippen molar-refractivity contribution in [2.45, 2.75) is 10.2 Å². The monoisotopic (exact) mass is 278 g/mol. The molecule has 1 nitrogen and oxygen atoms in total. The molecule has 1 N–H and O–H groups in total. The molecule has 0 aromatic heterocycles. The van der Waals surface area contributed by atoms with Gasteiger partial charge in [0, 0.05) is 5.56 Å². The van der Waals surface area contributed by atoms with E-state index in [4.69, 9.17) is 0 Å². The van der Waals surface area contributed by atoms with E-state index in [1.807, 2.05) is 19.1 Å². The van der Waals surface area contributed by atoms with Gasteiger partial charge in [-0.1, -0.05) is 50.1 Å². The lowest BCUT2D eigenvalue weighted by atomic mass is 10.1. The molecular formula is C8H8Br2O. The Morgan fingerprint density at radius 1 is 1.27 bits per heavy atom. The Balaban J connectivity index is 3.14. The average molecular weight is 280 g/mol. The topological polar surface area (TPSA) is 20.2 Å². The third-order valence-electron chi connectivity index (χ3n) is 1.38. The Labute approximate surface area is 82.7 Å². The van der Waals surface area contributed by atoms with E-state index < -0.39 is 0 Å². The van der Waals surface area contributed by atoms with Gasteiger partial charge in [-0.05, 0) is 13.0 Å². The molecular weight excluding hydrogens is 272 g/mol. The highest BCUT2D eigenvalue weighted by Crippen LogP contribution is 2.41. The molecule has 0 aliphatic rings. The minimum absolute atomic E-state index is 0.295. The molecule has 0 amide bonds. The van der Waals surface area contributed by atoms with E-state index >= 15 is 0 Å². The fraction of sp³-hybridized carbons (Fsp3) is 0.250. The van der Waals surface area contributed by atoms with Crippen LogP contribution < -0.4 is 0 Å². The van der Waals surface area contributed by atoms with Gasteiger partial charge in [0.05, 0.1) is 0 Å². The molecule has 0 unspecified atom stereocenters. The number of rotatable bonds is 1. The van der Waals surface area contributed by atoms with Crippen LogP contribution in [0.15, 0.2) is 24.3 Å². The number of aromatic hydroxyl groups is 1. The maximum atomic E-state index is 9.39. The number of hydrogen-bond donors (Lipinski definition) is 1. The quantitative estimate of drug-likeness (QED) is 0.782. The molecule has 0 heterocycles. The van der Waals surface area contributed by atoms with E-state index in [2.05, 4.69) is 31.9 Å². The molecule has 60 valence electrons. The van der Waals surface area contributed by atoms with Crippen molar-refractivity contribution in [3.63, 3.8) is 0 Å². The lowest BCUT2D eigenvalue weighted by Gasteiger charge is -2.15. The van der Waals surface area contributed by atoms with Crippen LogP contribution in [0.3, 0.4) is 0 Å². The van der Waals surface area contributed by atoms with Crippen LogP contribution in [0.5, 0.6) is 5.75 Å². The van der Waals surface area contributed by atoms with E-state index in [-0.39, 0.29) is 3.23 Å². The van der Waals surface area contributed by atoms with E-state index in [9.17, 15) is 5.11 Å². The highest BCUT2D eigenvalue weighted by molar-refractivity contribution is 9.24. The molecule has 0 atom stereocenters. The Bertz CT molecular complexity index is 253. The fourth-order valence-corrected chi connectivity index (χ4v) is 1.52. The summed E-state index contributed by atoms with van der Waals surface area (Å²) in [5, 5.41) is 9.39. The van der Waals surface area contributed by atoms with Crippen molar-refractivity contribution in [2.75, 3.05) is 0 Å². The first-order valence-corrected chi connectivity index (χ1v) is 4.76. The van der Waals surface area contributed by atoms with Gasteiger partial charge in [-0.2, -0.15) is 0 Å². The molecule has 1 rings (SSSR count). The summed E-state index contributed by atoms with van der Waals surface area (Å²) >= 11 is 6.79. The number of alkyl halides is 2. The minimum Gasteiger partial charge on any atom is -0.508 e. The van der Waals surface area contributed by atoms with E-state index in [1.54, 1.807) is 12.1 Å². The molecule has 0 saturated carbocycles. The summed E-state index contributed by atoms with van der Waals surface area (Å²) in [4.78, 5) is 0. The number of phenolic OH excluding ortho intramolecular Hbond substituents is 1. The van der Waals surface area contributed by atoms with Crippen LogP contribution in [-0.2, 0) is 3.23 Å². The van der Waals surface area contributed by atoms with Gasteiger partial charge in [-0.15, -0.1) is 0 Å². The maximum Gasteiger partial charge on any atom is 0.121 e. The van der Waals surface area contributed by atoms with Gasteiger partial charge < -0.3 is 5.11 Å². The number of hydrogen-bond acceptors (Lipinski definition) is 1. The SMILES string of the molecule is CC(Br)(Br)c1ccccc1O. The molecule has 0 spiro atoms. The summed E-state index contributed by atoms with van der Waals surface area (Å²) in [6.07, 6.45) is 0. The Hall–Kier alpha value is -0.0200. The second-order valence-electron chi connectivity index (χ2n) is 2.41. The molecule has 11 heavy (non-hydrogen) atoms. The zero-order valence-corrected chi connectivity index (χ0v) is 9.18. The number of benzene rings is 1. The summed E-state index contributed by atoms with van der Waals surface area (Å²) in [5.74, 6) is 0.295. The van der Waals surface area contributed by atoms with Crippen molar-refractivity contribution in [3.05, 3.63) is 29.8 Å². The average Bonchev–Trinajstić information content (AvgIpc) is 1.86. The number of halogens is 2. The van der Waals surface area contributed by atoms with Crippen LogP contribution >= 0.6 is 31.9 Å². The van der Waals surface area contributed by atoms with E-state index in [0.717, 1.165) is 5.56 Å². The van der Waals surface area contributed by atoms with E-state index in [0.29, 0.717) is 5.75 Å². The smallest absolute Gasteiger partial charge is 0.121 e. The van der Waals surface area contributed by atoms with Crippen molar-refractivity contribution in [1.82, 2.24) is 0 Å². The van der Waals surface area contributed by atoms with Crippen molar-refractivity contribution < 1.29 is 5.11 Å². The van der Waals surface area contributed by atoms with Crippen LogP contribution in [-0.4, -0.2) is 5.11 Å². The molecule has 0 bridgehead atoms. The van der Waals surface area contributed by atoms with Crippen LogP contribution in [0.2, 0.25) is 0 Å². The van der Waals surface area contributed by atoms with Crippen LogP contribution in [0.25, 0.3) is 0 Å². The normalized spacial score (nSPS) is 11.5. The van der Waals surface area contributed by atoms with Crippen molar-refractivity contribution >= 4 is 31.9 Å². The van der Waals surface area contributed by atoms with Crippen LogP contribution in [0.4, 0.5) is 0 Å². The number of para-hydroxylation sites is 1. The van der Waals surface area contributed by atoms with Gasteiger partial charge >= 0.3 is 0 Å². The predicted octanol–water partition coefficient (Wildman–Crippen LogP) is 3.35. The van der Waals surface area contributed by atoms with Gasteiger partial charge in [0.25, 0.3) is 0 Å². The first kappa shape index (κ1) is 9.07. The molecule has 0 radical (unpaired) electrons. The van der Waals surface area contributed by atoms with Crippen LogP contribution in [0.1, 0.15) is 12.5 Å². The number of phenols is 1. The Kier molecular flexibility index (Phi) is 2.60. The van der Waals surface area contributed by atoms with Gasteiger partial charge in [0.15, 0.2) is 0 Å². The third kappa shape index (κ3) is 2.20. The fourth-order valence-electron chi connectivity index (χ4n) is 0.845. The molecule has 0 aliphatic heterocycles. The molecule has 1 aromatic rings. The van der Waals surface area contributed by atoms with Crippen LogP contribution in [0, 0.1) is 0 Å². The second-order valence-corrected chi connectivity index (χ2v) is 6.64. The lowest BCUT2D eigenvalue weighted by molar-refractivity contribution is 0.468. The van der Waals surface area contributed by atoms with Gasteiger partial charge in [0.1, 0.15) is 8.98 Å². The molecule has 1 aromatic carbocycles. The highest BCUT2D eigenvalue weighted by atomic mass is 79.9. The van der Waals surface area contributed by atoms with Gasteiger partial charge in [0.2, 0.25) is 0 Å². The van der Waals surface area contributed by atoms with Gasteiger partial charge in [-0.3, -0.25) is 0 Å². The van der Waals surface area contributed by atoms with Crippen molar-refractivity contribution in [1.29, 1.82) is 0 Å². The maximum absolute atomic E-state index is 9.39. The molecule has 3 heteroatoms. The predicted molar refractivity (Wildman–Crippen MR) is 53.3 cm³/mol. The summed E-state index contributed by atoms with van der Waals surface area (Å²) in [7, 11) is 0. The van der Waals surface area contributed by atoms with Crippen molar-refractivity contribution in [3.8, 4) is 5.75 Å².